The van der Waals surface area contributed by atoms with Crippen LogP contribution in [0.25, 0.3) is 76.2 Å². The molecule has 3 nitrogen and oxygen atoms in total. The second kappa shape index (κ2) is 12.3. The molecular formula is C58H57N3. The summed E-state index contributed by atoms with van der Waals surface area (Å²) >= 11 is 0. The lowest BCUT2D eigenvalue weighted by molar-refractivity contribution is 0.590. The summed E-state index contributed by atoms with van der Waals surface area (Å²) in [5, 5.41) is 10.7. The quantitative estimate of drug-likeness (QED) is 0.173. The van der Waals surface area contributed by atoms with Crippen LogP contribution >= 0.6 is 0 Å². The smallest absolute Gasteiger partial charge is 0.0783 e. The Bertz CT molecular complexity index is 3490. The Morgan fingerprint density at radius 3 is 1.20 bits per heavy atom. The Morgan fingerprint density at radius 1 is 0.328 bits per heavy atom. The van der Waals surface area contributed by atoms with E-state index in [0.29, 0.717) is 0 Å². The van der Waals surface area contributed by atoms with Gasteiger partial charge in [0, 0.05) is 54.5 Å². The molecule has 0 aliphatic heterocycles. The van der Waals surface area contributed by atoms with E-state index in [4.69, 9.17) is 0 Å². The number of anilines is 3. The molecule has 304 valence electrons. The van der Waals surface area contributed by atoms with Gasteiger partial charge in [-0.15, -0.1) is 0 Å². The van der Waals surface area contributed by atoms with Gasteiger partial charge >= 0.3 is 0 Å². The molecule has 0 atom stereocenters. The van der Waals surface area contributed by atoms with Crippen LogP contribution in [0.3, 0.4) is 0 Å². The highest BCUT2D eigenvalue weighted by molar-refractivity contribution is 6.36. The first-order chi connectivity index (χ1) is 28.8. The van der Waals surface area contributed by atoms with Crippen LogP contribution < -0.4 is 4.90 Å². The maximum atomic E-state index is 2.63. The summed E-state index contributed by atoms with van der Waals surface area (Å²) in [5.74, 6) is 0. The third-order valence-corrected chi connectivity index (χ3v) is 13.7. The van der Waals surface area contributed by atoms with Crippen LogP contribution in [0.5, 0.6) is 0 Å². The minimum absolute atomic E-state index is 0.0274. The van der Waals surface area contributed by atoms with Gasteiger partial charge in [-0.25, -0.2) is 0 Å². The van der Waals surface area contributed by atoms with Crippen molar-refractivity contribution in [3.05, 3.63) is 150 Å². The fourth-order valence-electron chi connectivity index (χ4n) is 10.3. The summed E-state index contributed by atoms with van der Waals surface area (Å²) in [6.45, 7) is 28.2. The van der Waals surface area contributed by atoms with Gasteiger partial charge in [0.05, 0.1) is 38.8 Å². The molecule has 0 radical (unpaired) electrons. The van der Waals surface area contributed by atoms with Crippen LogP contribution in [0.2, 0.25) is 0 Å². The summed E-state index contributed by atoms with van der Waals surface area (Å²) in [4.78, 5) is 2.48. The lowest BCUT2D eigenvalue weighted by Gasteiger charge is -2.29. The molecule has 0 aliphatic carbocycles. The zero-order valence-corrected chi connectivity index (χ0v) is 38.0. The van der Waals surface area contributed by atoms with Crippen molar-refractivity contribution in [3.8, 4) is 0 Å². The van der Waals surface area contributed by atoms with E-state index in [1.165, 1.54) is 104 Å². The van der Waals surface area contributed by atoms with Gasteiger partial charge in [0.2, 0.25) is 0 Å². The maximum Gasteiger partial charge on any atom is 0.0783 e. The summed E-state index contributed by atoms with van der Waals surface area (Å²) in [6.07, 6.45) is 0. The van der Waals surface area contributed by atoms with E-state index in [0.717, 1.165) is 11.4 Å². The molecule has 4 aromatic heterocycles. The van der Waals surface area contributed by atoms with Crippen molar-refractivity contribution >= 4 is 93.3 Å². The first-order valence-electron chi connectivity index (χ1n) is 22.2. The molecule has 0 spiro atoms. The van der Waals surface area contributed by atoms with Gasteiger partial charge in [-0.05, 0) is 129 Å². The van der Waals surface area contributed by atoms with Crippen molar-refractivity contribution in [3.63, 3.8) is 0 Å². The molecule has 0 aliphatic rings. The molecule has 11 rings (SSSR count). The highest BCUT2D eigenvalue weighted by atomic mass is 15.2. The van der Waals surface area contributed by atoms with Crippen LogP contribution in [0.1, 0.15) is 105 Å². The highest BCUT2D eigenvalue weighted by Gasteiger charge is 2.31. The fourth-order valence-corrected chi connectivity index (χ4v) is 10.3. The first-order valence-corrected chi connectivity index (χ1v) is 22.2. The Labute approximate surface area is 359 Å². The molecule has 61 heavy (non-hydrogen) atoms. The Hall–Kier alpha value is -6.06. The Balaban J connectivity index is 1.38. The minimum Gasteiger partial charge on any atom is -0.308 e. The first kappa shape index (κ1) is 37.9. The molecule has 7 aromatic carbocycles. The zero-order valence-electron chi connectivity index (χ0n) is 38.0. The zero-order chi connectivity index (χ0) is 42.7. The molecule has 0 unspecified atom stereocenters. The van der Waals surface area contributed by atoms with Crippen molar-refractivity contribution in [2.75, 3.05) is 4.90 Å². The average Bonchev–Trinajstić information content (AvgIpc) is 3.93. The standard InChI is InChI=1S/C58H57N3/c1-55(2,3)34-23-24-46-40(27-34)41-28-35(56(4,5)6)31-44-50-47(60(46)52(41)44)25-26-48-51(50)45-32-36(57(7,8)9)29-42-43-30-37(58(10,11)12)33-49(54(43)61(48)53(42)45)59(38-19-15-13-16-20-38)39-21-17-14-18-22-39/h13-33H,1-12H3. The summed E-state index contributed by atoms with van der Waals surface area (Å²) < 4.78 is 5.22. The molecule has 0 N–H and O–H groups in total. The summed E-state index contributed by atoms with van der Waals surface area (Å²) in [7, 11) is 0. The van der Waals surface area contributed by atoms with E-state index in [-0.39, 0.29) is 21.7 Å². The Kier molecular flexibility index (Phi) is 7.63. The van der Waals surface area contributed by atoms with Gasteiger partial charge in [-0.3, -0.25) is 0 Å². The molecular weight excluding hydrogens is 739 g/mol. The molecule has 0 saturated carbocycles. The second-order valence-corrected chi connectivity index (χ2v) is 22.0. The largest absolute Gasteiger partial charge is 0.308 e. The van der Waals surface area contributed by atoms with Crippen LogP contribution in [0.15, 0.2) is 127 Å². The van der Waals surface area contributed by atoms with E-state index in [1.54, 1.807) is 0 Å². The van der Waals surface area contributed by atoms with Gasteiger partial charge in [0.1, 0.15) is 0 Å². The number of rotatable bonds is 3. The highest BCUT2D eigenvalue weighted by Crippen LogP contribution is 2.52. The second-order valence-electron chi connectivity index (χ2n) is 22.0. The normalized spacial score (nSPS) is 13.6. The van der Waals surface area contributed by atoms with Gasteiger partial charge in [-0.2, -0.15) is 0 Å². The monoisotopic (exact) mass is 795 g/mol. The lowest BCUT2D eigenvalue weighted by Crippen LogP contribution is -2.15. The summed E-state index contributed by atoms with van der Waals surface area (Å²) in [5.41, 5.74) is 16.5. The molecule has 11 aromatic rings. The van der Waals surface area contributed by atoms with Gasteiger partial charge < -0.3 is 13.7 Å². The molecule has 0 fully saturated rings. The third kappa shape index (κ3) is 5.41. The predicted octanol–water partition coefficient (Wildman–Crippen LogP) is 16.6. The van der Waals surface area contributed by atoms with E-state index in [1.807, 2.05) is 0 Å². The van der Waals surface area contributed by atoms with Crippen molar-refractivity contribution < 1.29 is 0 Å². The SMILES string of the molecule is CC(C)(C)c1ccc2c(c1)c1cc(C(C)(C)C)cc3c4c5c6cc(C(C)(C)C)cc7c8cc(C(C)(C)C)cc(N(c9ccccc9)c9ccccc9)c8n(c5ccc4n2c13)c76. The van der Waals surface area contributed by atoms with E-state index < -0.39 is 0 Å². The number of benzene rings is 7. The topological polar surface area (TPSA) is 12.1 Å². The van der Waals surface area contributed by atoms with Crippen LogP contribution in [-0.4, -0.2) is 8.80 Å². The molecule has 0 amide bonds. The number of hydrogen-bond donors (Lipinski definition) is 0. The lowest BCUT2D eigenvalue weighted by atomic mass is 9.83. The van der Waals surface area contributed by atoms with Gasteiger partial charge in [0.25, 0.3) is 0 Å². The third-order valence-electron chi connectivity index (χ3n) is 13.7. The van der Waals surface area contributed by atoms with E-state index in [9.17, 15) is 0 Å². The molecule has 0 saturated heterocycles. The Morgan fingerprint density at radius 2 is 0.705 bits per heavy atom. The summed E-state index contributed by atoms with van der Waals surface area (Å²) in [6, 6.07) is 48.9. The van der Waals surface area contributed by atoms with Crippen LogP contribution in [-0.2, 0) is 21.7 Å². The minimum atomic E-state index is -0.0724. The van der Waals surface area contributed by atoms with E-state index >= 15 is 0 Å². The molecule has 3 heteroatoms. The van der Waals surface area contributed by atoms with Crippen molar-refractivity contribution in [2.45, 2.75) is 105 Å². The van der Waals surface area contributed by atoms with Crippen LogP contribution in [0.4, 0.5) is 17.1 Å². The molecule has 4 heterocycles. The number of nitrogens with zero attached hydrogens (tertiary/aromatic N) is 3. The number of para-hydroxylation sites is 2. The fraction of sp³-hybridized carbons (Fsp3) is 0.276. The number of hydrogen-bond acceptors (Lipinski definition) is 1. The predicted molar refractivity (Wildman–Crippen MR) is 265 cm³/mol. The number of fused-ring (bicyclic) bond motifs is 13. The average molecular weight is 796 g/mol. The molecule has 0 bridgehead atoms. The van der Waals surface area contributed by atoms with E-state index in [2.05, 4.69) is 224 Å². The number of aromatic nitrogens is 2. The van der Waals surface area contributed by atoms with Gasteiger partial charge in [-0.1, -0.05) is 126 Å². The van der Waals surface area contributed by atoms with Gasteiger partial charge in [0.15, 0.2) is 0 Å². The van der Waals surface area contributed by atoms with Crippen molar-refractivity contribution in [2.24, 2.45) is 0 Å². The maximum absolute atomic E-state index is 2.63. The van der Waals surface area contributed by atoms with Crippen molar-refractivity contribution in [1.29, 1.82) is 0 Å². The van der Waals surface area contributed by atoms with Crippen molar-refractivity contribution in [1.82, 2.24) is 8.80 Å². The van der Waals surface area contributed by atoms with Crippen LogP contribution in [0, 0.1) is 0 Å².